The summed E-state index contributed by atoms with van der Waals surface area (Å²) < 4.78 is 40.9. The van der Waals surface area contributed by atoms with Crippen molar-refractivity contribution in [1.29, 1.82) is 0 Å². The van der Waals surface area contributed by atoms with Gasteiger partial charge in [0.1, 0.15) is 12.4 Å². The van der Waals surface area contributed by atoms with Crippen LogP contribution in [-0.2, 0) is 26.1 Å². The van der Waals surface area contributed by atoms with Crippen molar-refractivity contribution in [2.24, 2.45) is 0 Å². The number of hydrogen-bond donors (Lipinski definition) is 0. The maximum atomic E-state index is 13.2. The number of aryl methyl sites for hydroxylation is 1. The maximum Gasteiger partial charge on any atom is 0.249 e. The van der Waals surface area contributed by atoms with Gasteiger partial charge in [0.05, 0.1) is 24.7 Å². The predicted octanol–water partition coefficient (Wildman–Crippen LogP) is 3.44. The van der Waals surface area contributed by atoms with Crippen molar-refractivity contribution in [1.82, 2.24) is 13.8 Å². The largest absolute Gasteiger partial charge is 0.496 e. The van der Waals surface area contributed by atoms with Crippen molar-refractivity contribution in [3.63, 3.8) is 0 Å². The normalized spacial score (nSPS) is 16.1. The summed E-state index contributed by atoms with van der Waals surface area (Å²) in [6.07, 6.45) is 3.93. The van der Waals surface area contributed by atoms with Gasteiger partial charge in [-0.3, -0.25) is 4.79 Å². The van der Waals surface area contributed by atoms with E-state index in [0.29, 0.717) is 17.9 Å². The summed E-state index contributed by atoms with van der Waals surface area (Å²) in [5.41, 5.74) is 3.41. The van der Waals surface area contributed by atoms with Gasteiger partial charge in [0, 0.05) is 38.6 Å². The summed E-state index contributed by atoms with van der Waals surface area (Å²) in [6, 6.07) is 5.80. The molecule has 1 aromatic heterocycles. The summed E-state index contributed by atoms with van der Waals surface area (Å²) in [7, 11) is -0.589. The van der Waals surface area contributed by atoms with E-state index < -0.39 is 10.0 Å². The van der Waals surface area contributed by atoms with Crippen molar-refractivity contribution >= 4 is 15.9 Å². The van der Waals surface area contributed by atoms with Crippen LogP contribution in [0, 0.1) is 20.8 Å². The summed E-state index contributed by atoms with van der Waals surface area (Å²) >= 11 is 0. The lowest BCUT2D eigenvalue weighted by Crippen LogP contribution is -2.43. The van der Waals surface area contributed by atoms with Crippen LogP contribution < -0.4 is 4.74 Å². The van der Waals surface area contributed by atoms with E-state index in [-0.39, 0.29) is 36.6 Å². The van der Waals surface area contributed by atoms with Gasteiger partial charge in [0.15, 0.2) is 0 Å². The van der Waals surface area contributed by atoms with E-state index in [0.717, 1.165) is 36.2 Å². The highest BCUT2D eigenvalue weighted by Crippen LogP contribution is 2.32. The Balaban J connectivity index is 1.59. The second-order valence-corrected chi connectivity index (χ2v) is 10.9. The van der Waals surface area contributed by atoms with Crippen LogP contribution in [0.15, 0.2) is 29.3 Å². The Morgan fingerprint density at radius 1 is 1.21 bits per heavy atom. The first kappa shape index (κ1) is 26.2. The molecule has 0 fully saturated rings. The molecule has 0 bridgehead atoms. The highest BCUT2D eigenvalue weighted by molar-refractivity contribution is 7.89. The van der Waals surface area contributed by atoms with Gasteiger partial charge in [-0.1, -0.05) is 13.3 Å². The van der Waals surface area contributed by atoms with E-state index in [1.54, 1.807) is 20.1 Å². The van der Waals surface area contributed by atoms with Crippen LogP contribution in [0.2, 0.25) is 0 Å². The Labute approximate surface area is 203 Å². The van der Waals surface area contributed by atoms with Crippen molar-refractivity contribution in [3.05, 3.63) is 46.8 Å². The quantitative estimate of drug-likeness (QED) is 0.476. The number of fused-ring (bicyclic) bond motifs is 1. The molecule has 0 saturated carbocycles. The lowest BCUT2D eigenvalue weighted by molar-refractivity contribution is -0.140. The van der Waals surface area contributed by atoms with Crippen molar-refractivity contribution in [3.8, 4) is 5.75 Å². The van der Waals surface area contributed by atoms with E-state index in [2.05, 4.69) is 23.8 Å². The Morgan fingerprint density at radius 2 is 1.94 bits per heavy atom. The predicted molar refractivity (Wildman–Crippen MR) is 132 cm³/mol. The molecule has 0 saturated heterocycles. The molecule has 8 nitrogen and oxygen atoms in total. The van der Waals surface area contributed by atoms with E-state index in [1.165, 1.54) is 11.4 Å². The molecule has 1 aromatic carbocycles. The smallest absolute Gasteiger partial charge is 0.249 e. The highest BCUT2D eigenvalue weighted by atomic mass is 32.2. The van der Waals surface area contributed by atoms with E-state index in [4.69, 9.17) is 9.47 Å². The minimum Gasteiger partial charge on any atom is -0.496 e. The minimum absolute atomic E-state index is 0.0532. The number of likely N-dealkylation sites (N-methyl/N-ethyl adjacent to an activating group) is 1. The molecule has 0 spiro atoms. The third-order valence-electron chi connectivity index (χ3n) is 6.69. The fourth-order valence-corrected chi connectivity index (χ4v) is 6.18. The molecule has 0 aliphatic carbocycles. The van der Waals surface area contributed by atoms with Gasteiger partial charge in [-0.05, 0) is 62.1 Å². The Hall–Kier alpha value is -2.36. The van der Waals surface area contributed by atoms with Gasteiger partial charge >= 0.3 is 0 Å². The van der Waals surface area contributed by atoms with Crippen LogP contribution in [0.25, 0.3) is 0 Å². The van der Waals surface area contributed by atoms with Crippen LogP contribution in [0.3, 0.4) is 0 Å². The molecular weight excluding hydrogens is 454 g/mol. The van der Waals surface area contributed by atoms with Gasteiger partial charge in [-0.15, -0.1) is 0 Å². The molecule has 0 radical (unpaired) electrons. The molecule has 3 rings (SSSR count). The number of carbonyl (C=O) groups excluding carboxylic acids is 1. The Bertz CT molecular complexity index is 1130. The molecule has 1 aliphatic rings. The molecule has 2 heterocycles. The number of hydrogen-bond acceptors (Lipinski definition) is 5. The summed E-state index contributed by atoms with van der Waals surface area (Å²) in [5, 5.41) is 0. The average molecular weight is 492 g/mol. The van der Waals surface area contributed by atoms with Gasteiger partial charge in [0.2, 0.25) is 15.9 Å². The number of methoxy groups -OCH3 is 1. The van der Waals surface area contributed by atoms with E-state index >= 15 is 0 Å². The zero-order chi connectivity index (χ0) is 25.0. The fraction of sp³-hybridized carbons (Fsp3) is 0.560. The van der Waals surface area contributed by atoms with Crippen LogP contribution in [0.5, 0.6) is 5.75 Å². The number of amides is 1. The first-order valence-corrected chi connectivity index (χ1v) is 13.2. The number of ether oxygens (including phenoxy) is 2. The first-order chi connectivity index (χ1) is 16.1. The first-order valence-electron chi connectivity index (χ1n) is 11.8. The molecule has 0 N–H and O–H groups in total. The zero-order valence-corrected chi connectivity index (χ0v) is 21.9. The molecule has 1 aliphatic heterocycles. The fourth-order valence-electron chi connectivity index (χ4n) is 4.67. The van der Waals surface area contributed by atoms with Crippen LogP contribution in [-0.4, -0.2) is 68.6 Å². The lowest BCUT2D eigenvalue weighted by atomic mass is 10.0. The SMILES string of the molecule is CCCC1c2cccn2CCN1C(=O)COCCN(C)S(=O)(=O)c1cc(C)c(OC)c(C)c1C. The van der Waals surface area contributed by atoms with Gasteiger partial charge < -0.3 is 18.9 Å². The van der Waals surface area contributed by atoms with Gasteiger partial charge in [-0.2, -0.15) is 4.31 Å². The number of aromatic nitrogens is 1. The lowest BCUT2D eigenvalue weighted by Gasteiger charge is -2.37. The number of sulfonamides is 1. The highest BCUT2D eigenvalue weighted by Gasteiger charge is 2.30. The summed E-state index contributed by atoms with van der Waals surface area (Å²) in [5.74, 6) is 0.640. The Kier molecular flexibility index (Phi) is 8.43. The third kappa shape index (κ3) is 5.16. The van der Waals surface area contributed by atoms with Crippen LogP contribution in [0.1, 0.15) is 48.2 Å². The molecule has 9 heteroatoms. The second-order valence-electron chi connectivity index (χ2n) is 8.87. The van der Waals surface area contributed by atoms with Gasteiger partial charge in [-0.25, -0.2) is 8.42 Å². The summed E-state index contributed by atoms with van der Waals surface area (Å²) in [4.78, 5) is 15.1. The molecule has 1 unspecified atom stereocenters. The molecular formula is C25H37N3O5S. The third-order valence-corrected chi connectivity index (χ3v) is 8.68. The topological polar surface area (TPSA) is 81.1 Å². The maximum absolute atomic E-state index is 13.2. The van der Waals surface area contributed by atoms with Crippen LogP contribution in [0.4, 0.5) is 0 Å². The molecule has 188 valence electrons. The molecule has 1 atom stereocenters. The van der Waals surface area contributed by atoms with E-state index in [1.807, 2.05) is 24.8 Å². The number of carbonyl (C=O) groups is 1. The molecule has 34 heavy (non-hydrogen) atoms. The second kappa shape index (κ2) is 10.9. The zero-order valence-electron chi connectivity index (χ0n) is 21.1. The minimum atomic E-state index is -3.70. The summed E-state index contributed by atoms with van der Waals surface area (Å²) in [6.45, 7) is 9.25. The van der Waals surface area contributed by atoms with Crippen LogP contribution >= 0.6 is 0 Å². The van der Waals surface area contributed by atoms with Crippen molar-refractivity contribution in [2.75, 3.05) is 40.5 Å². The molecule has 2 aromatic rings. The number of rotatable bonds is 10. The average Bonchev–Trinajstić information content (AvgIpc) is 3.28. The van der Waals surface area contributed by atoms with Crippen molar-refractivity contribution < 1.29 is 22.7 Å². The van der Waals surface area contributed by atoms with Crippen molar-refractivity contribution in [2.45, 2.75) is 58.0 Å². The standard InChI is InChI=1S/C25H37N3O5S/c1-7-9-22-21-10-8-11-27(21)12-13-28(22)24(29)17-33-15-14-26(5)34(30,31)23-16-18(2)25(32-6)20(4)19(23)3/h8,10-11,16,22H,7,9,12-15,17H2,1-6H3. The monoisotopic (exact) mass is 491 g/mol. The van der Waals surface area contributed by atoms with Gasteiger partial charge in [0.25, 0.3) is 0 Å². The Morgan fingerprint density at radius 3 is 2.62 bits per heavy atom. The van der Waals surface area contributed by atoms with E-state index in [9.17, 15) is 13.2 Å². The molecule has 1 amide bonds. The number of benzene rings is 1. The number of nitrogens with zero attached hydrogens (tertiary/aromatic N) is 3.